The number of aldehydes is 1. The zero-order chi connectivity index (χ0) is 12.5. The second-order valence-corrected chi connectivity index (χ2v) is 4.73. The van der Waals surface area contributed by atoms with Crippen molar-refractivity contribution in [3.63, 3.8) is 0 Å². The molecule has 0 aromatic carbocycles. The second-order valence-electron chi connectivity index (χ2n) is 4.73. The number of nitrogens with zero attached hydrogens (tertiary/aromatic N) is 4. The predicted octanol–water partition coefficient (Wildman–Crippen LogP) is 0.899. The number of carbonyl (C=O) groups is 1. The van der Waals surface area contributed by atoms with Crippen LogP contribution in [-0.4, -0.2) is 54.0 Å². The van der Waals surface area contributed by atoms with E-state index in [2.05, 4.69) is 28.0 Å². The fourth-order valence-electron chi connectivity index (χ4n) is 2.34. The Hall–Kier alpha value is -1.88. The molecule has 2 aromatic heterocycles. The third-order valence-corrected chi connectivity index (χ3v) is 3.53. The van der Waals surface area contributed by atoms with E-state index in [0.717, 1.165) is 43.7 Å². The van der Waals surface area contributed by atoms with E-state index in [0.29, 0.717) is 5.56 Å². The fraction of sp³-hybridized carbons (Fsp3) is 0.385. The molecule has 3 heterocycles. The van der Waals surface area contributed by atoms with Gasteiger partial charge in [-0.3, -0.25) is 4.79 Å². The number of hydrogen-bond acceptors (Lipinski definition) is 4. The molecule has 0 unspecified atom stereocenters. The Labute approximate surface area is 106 Å². The SMILES string of the molecule is CN1CCN(c2ccc3c(C=O)cnn3c2)CC1. The molecule has 94 valence electrons. The van der Waals surface area contributed by atoms with Gasteiger partial charge in [0.05, 0.1) is 29.2 Å². The quantitative estimate of drug-likeness (QED) is 0.736. The van der Waals surface area contributed by atoms with Crippen molar-refractivity contribution in [2.75, 3.05) is 38.1 Å². The molecule has 0 spiro atoms. The van der Waals surface area contributed by atoms with E-state index >= 15 is 0 Å². The van der Waals surface area contributed by atoms with Gasteiger partial charge >= 0.3 is 0 Å². The molecule has 1 saturated heterocycles. The maximum atomic E-state index is 10.8. The third kappa shape index (κ3) is 1.86. The van der Waals surface area contributed by atoms with Gasteiger partial charge in [-0.15, -0.1) is 0 Å². The highest BCUT2D eigenvalue weighted by molar-refractivity contribution is 5.85. The van der Waals surface area contributed by atoms with Crippen molar-refractivity contribution in [3.8, 4) is 0 Å². The first-order valence-electron chi connectivity index (χ1n) is 6.14. The van der Waals surface area contributed by atoms with Crippen molar-refractivity contribution in [3.05, 3.63) is 30.1 Å². The van der Waals surface area contributed by atoms with Crippen LogP contribution in [0.2, 0.25) is 0 Å². The number of rotatable bonds is 2. The lowest BCUT2D eigenvalue weighted by atomic mass is 10.2. The predicted molar refractivity (Wildman–Crippen MR) is 70.3 cm³/mol. The number of aromatic nitrogens is 2. The van der Waals surface area contributed by atoms with E-state index in [1.54, 1.807) is 10.7 Å². The molecule has 0 aliphatic carbocycles. The van der Waals surface area contributed by atoms with Crippen LogP contribution in [-0.2, 0) is 0 Å². The molecular formula is C13H16N4O. The van der Waals surface area contributed by atoms with Crippen molar-refractivity contribution < 1.29 is 4.79 Å². The van der Waals surface area contributed by atoms with Gasteiger partial charge in [-0.2, -0.15) is 5.10 Å². The van der Waals surface area contributed by atoms with Gasteiger partial charge in [-0.25, -0.2) is 4.52 Å². The molecule has 1 fully saturated rings. The molecule has 0 bridgehead atoms. The summed E-state index contributed by atoms with van der Waals surface area (Å²) >= 11 is 0. The summed E-state index contributed by atoms with van der Waals surface area (Å²) in [5.41, 5.74) is 2.67. The topological polar surface area (TPSA) is 40.8 Å². The van der Waals surface area contributed by atoms with Crippen LogP contribution < -0.4 is 4.90 Å². The molecule has 1 aliphatic rings. The van der Waals surface area contributed by atoms with Gasteiger partial charge in [0.2, 0.25) is 0 Å². The maximum absolute atomic E-state index is 10.8. The van der Waals surface area contributed by atoms with Gasteiger partial charge in [0, 0.05) is 26.2 Å². The summed E-state index contributed by atoms with van der Waals surface area (Å²) in [6.45, 7) is 4.22. The maximum Gasteiger partial charge on any atom is 0.153 e. The van der Waals surface area contributed by atoms with Crippen LogP contribution in [0.5, 0.6) is 0 Å². The highest BCUT2D eigenvalue weighted by atomic mass is 16.1. The molecule has 5 heteroatoms. The first-order chi connectivity index (χ1) is 8.78. The van der Waals surface area contributed by atoms with Crippen LogP contribution >= 0.6 is 0 Å². The van der Waals surface area contributed by atoms with Gasteiger partial charge < -0.3 is 9.80 Å². The minimum Gasteiger partial charge on any atom is -0.368 e. The number of piperazine rings is 1. The van der Waals surface area contributed by atoms with E-state index in [4.69, 9.17) is 0 Å². The number of likely N-dealkylation sites (N-methyl/N-ethyl adjacent to an activating group) is 1. The third-order valence-electron chi connectivity index (χ3n) is 3.53. The minimum atomic E-state index is 0.639. The Bertz CT molecular complexity index is 569. The van der Waals surface area contributed by atoms with Crippen LogP contribution in [0.15, 0.2) is 24.5 Å². The standard InChI is InChI=1S/C13H16N4O/c1-15-4-6-16(7-5-15)12-2-3-13-11(10-18)8-14-17(13)9-12/h2-3,8-10H,4-7H2,1H3. The highest BCUT2D eigenvalue weighted by Gasteiger charge is 2.15. The molecule has 0 amide bonds. The fourth-order valence-corrected chi connectivity index (χ4v) is 2.34. The van der Waals surface area contributed by atoms with E-state index in [9.17, 15) is 4.79 Å². The molecular weight excluding hydrogens is 228 g/mol. The largest absolute Gasteiger partial charge is 0.368 e. The first kappa shape index (κ1) is 11.2. The zero-order valence-corrected chi connectivity index (χ0v) is 10.4. The molecule has 3 rings (SSSR count). The van der Waals surface area contributed by atoms with Crippen molar-refractivity contribution >= 4 is 17.5 Å². The monoisotopic (exact) mass is 244 g/mol. The van der Waals surface area contributed by atoms with E-state index in [1.165, 1.54) is 0 Å². The number of hydrogen-bond donors (Lipinski definition) is 0. The summed E-state index contributed by atoms with van der Waals surface area (Å²) < 4.78 is 1.78. The molecule has 0 N–H and O–H groups in total. The molecule has 1 aliphatic heterocycles. The molecule has 0 radical (unpaired) electrons. The van der Waals surface area contributed by atoms with Gasteiger partial charge in [0.15, 0.2) is 6.29 Å². The highest BCUT2D eigenvalue weighted by Crippen LogP contribution is 2.18. The molecule has 2 aromatic rings. The number of carbonyl (C=O) groups excluding carboxylic acids is 1. The van der Waals surface area contributed by atoms with Crippen molar-refractivity contribution in [2.24, 2.45) is 0 Å². The van der Waals surface area contributed by atoms with Crippen LogP contribution in [0.25, 0.3) is 5.52 Å². The minimum absolute atomic E-state index is 0.639. The Morgan fingerprint density at radius 1 is 1.22 bits per heavy atom. The van der Waals surface area contributed by atoms with Gasteiger partial charge in [0.25, 0.3) is 0 Å². The van der Waals surface area contributed by atoms with Gasteiger partial charge in [-0.05, 0) is 19.2 Å². The summed E-state index contributed by atoms with van der Waals surface area (Å²) in [6, 6.07) is 4.03. The molecule has 0 atom stereocenters. The lowest BCUT2D eigenvalue weighted by Crippen LogP contribution is -2.44. The lowest BCUT2D eigenvalue weighted by molar-refractivity contribution is 0.112. The van der Waals surface area contributed by atoms with Crippen molar-refractivity contribution in [1.29, 1.82) is 0 Å². The first-order valence-corrected chi connectivity index (χ1v) is 6.14. The Morgan fingerprint density at radius 2 is 2.00 bits per heavy atom. The summed E-state index contributed by atoms with van der Waals surface area (Å²) in [6.07, 6.45) is 4.45. The summed E-state index contributed by atoms with van der Waals surface area (Å²) in [4.78, 5) is 15.5. The molecule has 0 saturated carbocycles. The number of fused-ring (bicyclic) bond motifs is 1. The second kappa shape index (κ2) is 4.42. The van der Waals surface area contributed by atoms with Gasteiger partial charge in [0.1, 0.15) is 0 Å². The molecule has 5 nitrogen and oxygen atoms in total. The van der Waals surface area contributed by atoms with Crippen LogP contribution in [0.1, 0.15) is 10.4 Å². The lowest BCUT2D eigenvalue weighted by Gasteiger charge is -2.33. The van der Waals surface area contributed by atoms with Gasteiger partial charge in [-0.1, -0.05) is 0 Å². The summed E-state index contributed by atoms with van der Waals surface area (Å²) in [5.74, 6) is 0. The number of anilines is 1. The van der Waals surface area contributed by atoms with E-state index in [-0.39, 0.29) is 0 Å². The summed E-state index contributed by atoms with van der Waals surface area (Å²) in [7, 11) is 2.14. The average molecular weight is 244 g/mol. The average Bonchev–Trinajstić information content (AvgIpc) is 2.81. The Morgan fingerprint density at radius 3 is 2.72 bits per heavy atom. The number of pyridine rings is 1. The van der Waals surface area contributed by atoms with Crippen LogP contribution in [0.3, 0.4) is 0 Å². The van der Waals surface area contributed by atoms with Crippen LogP contribution in [0.4, 0.5) is 5.69 Å². The summed E-state index contributed by atoms with van der Waals surface area (Å²) in [5, 5.41) is 4.21. The Kier molecular flexibility index (Phi) is 2.76. The van der Waals surface area contributed by atoms with Crippen molar-refractivity contribution in [2.45, 2.75) is 0 Å². The van der Waals surface area contributed by atoms with E-state index in [1.807, 2.05) is 12.3 Å². The smallest absolute Gasteiger partial charge is 0.153 e. The van der Waals surface area contributed by atoms with E-state index < -0.39 is 0 Å². The van der Waals surface area contributed by atoms with Crippen molar-refractivity contribution in [1.82, 2.24) is 14.5 Å². The zero-order valence-electron chi connectivity index (χ0n) is 10.4. The normalized spacial score (nSPS) is 17.3. The Balaban J connectivity index is 1.91. The molecule has 18 heavy (non-hydrogen) atoms. The van der Waals surface area contributed by atoms with Crippen LogP contribution in [0, 0.1) is 0 Å².